The quantitative estimate of drug-likeness (QED) is 0.502. The molecule has 0 saturated heterocycles. The summed E-state index contributed by atoms with van der Waals surface area (Å²) in [5, 5.41) is 20.5. The maximum absolute atomic E-state index is 10.5. The molecule has 31 heavy (non-hydrogen) atoms. The summed E-state index contributed by atoms with van der Waals surface area (Å²) < 4.78 is 5.80. The summed E-state index contributed by atoms with van der Waals surface area (Å²) >= 11 is 0. The molecule has 0 aromatic rings. The lowest BCUT2D eigenvalue weighted by molar-refractivity contribution is 0.0596. The van der Waals surface area contributed by atoms with E-state index in [9.17, 15) is 10.2 Å². The van der Waals surface area contributed by atoms with E-state index in [1.165, 1.54) is 44.1 Å². The van der Waals surface area contributed by atoms with Crippen molar-refractivity contribution in [1.29, 1.82) is 0 Å². The van der Waals surface area contributed by atoms with Crippen molar-refractivity contribution in [3.63, 3.8) is 0 Å². The minimum atomic E-state index is -0.539. The Kier molecular flexibility index (Phi) is 6.87. The van der Waals surface area contributed by atoms with Gasteiger partial charge in [-0.3, -0.25) is 0 Å². The fraction of sp³-hybridized carbons (Fsp3) is 0.786. The van der Waals surface area contributed by atoms with Crippen molar-refractivity contribution in [1.82, 2.24) is 0 Å². The third kappa shape index (κ3) is 5.04. The zero-order chi connectivity index (χ0) is 22.2. The number of aliphatic hydroxyl groups is 2. The lowest BCUT2D eigenvalue weighted by Crippen LogP contribution is -2.36. The van der Waals surface area contributed by atoms with Crippen LogP contribution in [0.5, 0.6) is 0 Å². The third-order valence-corrected chi connectivity index (χ3v) is 8.98. The first kappa shape index (κ1) is 23.3. The van der Waals surface area contributed by atoms with Gasteiger partial charge in [0.1, 0.15) is 0 Å². The van der Waals surface area contributed by atoms with Crippen LogP contribution in [-0.2, 0) is 4.74 Å². The second kappa shape index (κ2) is 9.15. The molecule has 4 aliphatic rings. The number of ether oxygens (including phenoxy) is 1. The fourth-order valence-electron chi connectivity index (χ4n) is 7.34. The number of aliphatic hydroxyl groups excluding tert-OH is 1. The molecule has 3 fully saturated rings. The van der Waals surface area contributed by atoms with Crippen LogP contribution in [0.15, 0.2) is 34.9 Å². The maximum atomic E-state index is 10.5. The van der Waals surface area contributed by atoms with Crippen molar-refractivity contribution in [3.05, 3.63) is 34.9 Å². The van der Waals surface area contributed by atoms with Crippen LogP contribution >= 0.6 is 0 Å². The number of hydrogen-bond donors (Lipinski definition) is 2. The maximum Gasteiger partial charge on any atom is 0.0852 e. The monoisotopic (exact) mass is 428 g/mol. The van der Waals surface area contributed by atoms with Crippen LogP contribution in [-0.4, -0.2) is 34.6 Å². The molecule has 3 saturated carbocycles. The molecule has 3 heteroatoms. The first-order valence-corrected chi connectivity index (χ1v) is 12.8. The first-order valence-electron chi connectivity index (χ1n) is 12.8. The largest absolute Gasteiger partial charge is 0.390 e. The van der Waals surface area contributed by atoms with Crippen LogP contribution in [0, 0.1) is 23.2 Å². The number of fused-ring (bicyclic) bond motifs is 2. The van der Waals surface area contributed by atoms with Crippen molar-refractivity contribution in [2.45, 2.75) is 110 Å². The summed E-state index contributed by atoms with van der Waals surface area (Å²) in [5.74, 6) is 2.24. The van der Waals surface area contributed by atoms with Crippen molar-refractivity contribution in [3.8, 4) is 0 Å². The van der Waals surface area contributed by atoms with Crippen LogP contribution in [0.2, 0.25) is 0 Å². The van der Waals surface area contributed by atoms with E-state index < -0.39 is 5.60 Å². The van der Waals surface area contributed by atoms with E-state index in [2.05, 4.69) is 32.1 Å². The average Bonchev–Trinajstić information content (AvgIpc) is 3.29. The number of hydrogen-bond acceptors (Lipinski definition) is 3. The van der Waals surface area contributed by atoms with Gasteiger partial charge in [-0.15, -0.1) is 0 Å². The molecule has 6 atom stereocenters. The van der Waals surface area contributed by atoms with Gasteiger partial charge in [0.05, 0.1) is 24.4 Å². The lowest BCUT2D eigenvalue weighted by atomic mass is 9.60. The molecular weight excluding hydrogens is 384 g/mol. The second-order valence-corrected chi connectivity index (χ2v) is 11.8. The zero-order valence-electron chi connectivity index (χ0n) is 20.2. The summed E-state index contributed by atoms with van der Waals surface area (Å²) in [6.07, 6.45) is 18.1. The van der Waals surface area contributed by atoms with E-state index in [0.29, 0.717) is 17.9 Å². The Morgan fingerprint density at radius 3 is 2.84 bits per heavy atom. The van der Waals surface area contributed by atoms with E-state index in [1.54, 1.807) is 5.57 Å². The summed E-state index contributed by atoms with van der Waals surface area (Å²) in [5.41, 5.74) is 3.98. The molecule has 4 rings (SSSR count). The smallest absolute Gasteiger partial charge is 0.0852 e. The highest BCUT2D eigenvalue weighted by atomic mass is 16.5. The number of rotatable bonds is 6. The fourth-order valence-corrected chi connectivity index (χ4v) is 7.34. The molecule has 2 N–H and O–H groups in total. The lowest BCUT2D eigenvalue weighted by Gasteiger charge is -2.44. The highest BCUT2D eigenvalue weighted by Crippen LogP contribution is 2.60. The highest BCUT2D eigenvalue weighted by Gasteiger charge is 2.50. The van der Waals surface area contributed by atoms with Crippen LogP contribution in [0.1, 0.15) is 91.9 Å². The van der Waals surface area contributed by atoms with Crippen LogP contribution in [0.3, 0.4) is 0 Å². The third-order valence-electron chi connectivity index (χ3n) is 8.98. The Labute approximate surface area is 189 Å². The van der Waals surface area contributed by atoms with Crippen molar-refractivity contribution < 1.29 is 14.9 Å². The Bertz CT molecular complexity index is 740. The molecule has 0 radical (unpaired) electrons. The van der Waals surface area contributed by atoms with Crippen LogP contribution in [0.4, 0.5) is 0 Å². The number of allylic oxidation sites excluding steroid dienone is 3. The molecule has 3 aliphatic carbocycles. The van der Waals surface area contributed by atoms with E-state index in [4.69, 9.17) is 4.74 Å². The summed E-state index contributed by atoms with van der Waals surface area (Å²) in [7, 11) is 0. The molecule has 0 aromatic carbocycles. The normalized spacial score (nSPS) is 39.5. The van der Waals surface area contributed by atoms with Gasteiger partial charge >= 0.3 is 0 Å². The molecule has 0 aromatic heterocycles. The molecule has 1 heterocycles. The molecule has 0 bridgehead atoms. The second-order valence-electron chi connectivity index (χ2n) is 11.8. The van der Waals surface area contributed by atoms with Gasteiger partial charge < -0.3 is 14.9 Å². The molecule has 0 amide bonds. The van der Waals surface area contributed by atoms with Crippen molar-refractivity contribution in [2.75, 3.05) is 6.61 Å². The average molecular weight is 429 g/mol. The minimum Gasteiger partial charge on any atom is -0.390 e. The van der Waals surface area contributed by atoms with Gasteiger partial charge in [-0.2, -0.15) is 0 Å². The van der Waals surface area contributed by atoms with Crippen molar-refractivity contribution in [2.24, 2.45) is 23.2 Å². The Morgan fingerprint density at radius 1 is 1.26 bits per heavy atom. The summed E-state index contributed by atoms with van der Waals surface area (Å²) in [6.45, 7) is 9.53. The molecule has 1 aliphatic heterocycles. The van der Waals surface area contributed by atoms with E-state index in [1.807, 2.05) is 13.8 Å². The van der Waals surface area contributed by atoms with Crippen LogP contribution < -0.4 is 0 Å². The Hall–Kier alpha value is -0.900. The topological polar surface area (TPSA) is 49.7 Å². The summed E-state index contributed by atoms with van der Waals surface area (Å²) in [6, 6.07) is 0. The van der Waals surface area contributed by atoms with Gasteiger partial charge in [0, 0.05) is 0 Å². The Morgan fingerprint density at radius 2 is 2.06 bits per heavy atom. The first-order chi connectivity index (χ1) is 14.7. The predicted molar refractivity (Wildman–Crippen MR) is 127 cm³/mol. The van der Waals surface area contributed by atoms with E-state index >= 15 is 0 Å². The Balaban J connectivity index is 1.42. The standard InChI is InChI=1S/C28H44O3/c1-19(7-5-14-27(2,3)30)23-11-12-24-21(8-6-15-28(23,24)4)10-9-20-17-25(29)22-13-16-31-26(22)18-20/h9-10,13,19,23-26,29-30H,5-8,11-12,14-18H2,1-4H3/b20-9+,21-10+/t19-,23?,24?,25-,26?,28-/m1/s1. The molecule has 3 nitrogen and oxygen atoms in total. The zero-order valence-corrected chi connectivity index (χ0v) is 20.2. The summed E-state index contributed by atoms with van der Waals surface area (Å²) in [4.78, 5) is 0. The van der Waals surface area contributed by atoms with E-state index in [-0.39, 0.29) is 12.2 Å². The minimum absolute atomic E-state index is 0.102. The predicted octanol–water partition coefficient (Wildman–Crippen LogP) is 6.11. The van der Waals surface area contributed by atoms with Gasteiger partial charge in [-0.1, -0.05) is 56.1 Å². The molecule has 0 spiro atoms. The van der Waals surface area contributed by atoms with Crippen LogP contribution in [0.25, 0.3) is 0 Å². The van der Waals surface area contributed by atoms with Crippen molar-refractivity contribution >= 4 is 0 Å². The van der Waals surface area contributed by atoms with Gasteiger partial charge in [-0.05, 0) is 94.0 Å². The SMILES string of the molecule is C[C@H](CCCC(C)(C)O)C1CCC2/C(=C/C=C3/CC4OCC=C4[C@H](O)C3)CCC[C@@]21C. The molecular formula is C28H44O3. The van der Waals surface area contributed by atoms with Gasteiger partial charge in [0.15, 0.2) is 0 Å². The van der Waals surface area contributed by atoms with Gasteiger partial charge in [0.2, 0.25) is 0 Å². The highest BCUT2D eigenvalue weighted by molar-refractivity contribution is 5.32. The van der Waals surface area contributed by atoms with Gasteiger partial charge in [-0.25, -0.2) is 0 Å². The van der Waals surface area contributed by atoms with E-state index in [0.717, 1.165) is 43.1 Å². The van der Waals surface area contributed by atoms with Gasteiger partial charge in [0.25, 0.3) is 0 Å². The molecule has 3 unspecified atom stereocenters. The molecule has 174 valence electrons.